The minimum atomic E-state index is 0.242. The fourth-order valence-corrected chi connectivity index (χ4v) is 3.73. The summed E-state index contributed by atoms with van der Waals surface area (Å²) in [6, 6.07) is 18.6. The monoisotopic (exact) mass is 326 g/mol. The van der Waals surface area contributed by atoms with Gasteiger partial charge >= 0.3 is 0 Å². The second-order valence-electron chi connectivity index (χ2n) is 5.76. The molecule has 0 saturated carbocycles. The van der Waals surface area contributed by atoms with E-state index in [4.69, 9.17) is 0 Å². The fraction of sp³-hybridized carbons (Fsp3) is 0.316. The Kier molecular flexibility index (Phi) is 5.23. The predicted molar refractivity (Wildman–Crippen MR) is 97.1 cm³/mol. The molecule has 0 aliphatic carbocycles. The third kappa shape index (κ3) is 4.08. The smallest absolute Gasteiger partial charge is 0.233 e. The van der Waals surface area contributed by atoms with Crippen LogP contribution in [0, 0.1) is 6.92 Å². The Bertz CT molecular complexity index is 651. The van der Waals surface area contributed by atoms with E-state index in [1.54, 1.807) is 11.8 Å². The van der Waals surface area contributed by atoms with Crippen molar-refractivity contribution < 1.29 is 4.79 Å². The molecule has 2 aromatic carbocycles. The van der Waals surface area contributed by atoms with Gasteiger partial charge in [0.2, 0.25) is 5.91 Å². The molecule has 2 aromatic rings. The molecule has 23 heavy (non-hydrogen) atoms. The minimum Gasteiger partial charge on any atom is -0.368 e. The third-order valence-electron chi connectivity index (χ3n) is 4.20. The van der Waals surface area contributed by atoms with E-state index in [9.17, 15) is 4.79 Å². The molecule has 1 amide bonds. The number of nitrogens with zero attached hydrogens (tertiary/aromatic N) is 2. The largest absolute Gasteiger partial charge is 0.368 e. The van der Waals surface area contributed by atoms with E-state index < -0.39 is 0 Å². The highest BCUT2D eigenvalue weighted by molar-refractivity contribution is 8.00. The van der Waals surface area contributed by atoms with Crippen molar-refractivity contribution in [2.45, 2.75) is 11.8 Å². The van der Waals surface area contributed by atoms with Gasteiger partial charge in [0, 0.05) is 36.8 Å². The molecule has 1 aliphatic rings. The Hall–Kier alpha value is -1.94. The van der Waals surface area contributed by atoms with E-state index >= 15 is 0 Å². The summed E-state index contributed by atoms with van der Waals surface area (Å²) in [5, 5.41) is 0. The third-order valence-corrected chi connectivity index (χ3v) is 5.36. The summed E-state index contributed by atoms with van der Waals surface area (Å²) in [5.41, 5.74) is 2.48. The number of amides is 1. The number of anilines is 1. The van der Waals surface area contributed by atoms with E-state index in [1.165, 1.54) is 16.1 Å². The highest BCUT2D eigenvalue weighted by atomic mass is 32.2. The predicted octanol–water partition coefficient (Wildman–Crippen LogP) is 3.44. The molecule has 3 rings (SSSR count). The van der Waals surface area contributed by atoms with Crippen LogP contribution in [0.1, 0.15) is 5.56 Å². The van der Waals surface area contributed by atoms with Crippen LogP contribution in [0.25, 0.3) is 0 Å². The van der Waals surface area contributed by atoms with Gasteiger partial charge in [-0.2, -0.15) is 0 Å². The number of thioether (sulfide) groups is 1. The van der Waals surface area contributed by atoms with Gasteiger partial charge in [-0.25, -0.2) is 0 Å². The highest BCUT2D eigenvalue weighted by Gasteiger charge is 2.21. The van der Waals surface area contributed by atoms with Crippen LogP contribution < -0.4 is 4.90 Å². The van der Waals surface area contributed by atoms with E-state index in [0.29, 0.717) is 5.75 Å². The molecule has 120 valence electrons. The van der Waals surface area contributed by atoms with E-state index in [2.05, 4.69) is 48.2 Å². The van der Waals surface area contributed by atoms with Crippen LogP contribution in [-0.4, -0.2) is 42.7 Å². The Morgan fingerprint density at radius 3 is 2.30 bits per heavy atom. The van der Waals surface area contributed by atoms with Gasteiger partial charge in [-0.3, -0.25) is 4.79 Å². The Morgan fingerprint density at radius 2 is 1.61 bits per heavy atom. The maximum Gasteiger partial charge on any atom is 0.233 e. The highest BCUT2D eigenvalue weighted by Crippen LogP contribution is 2.22. The quantitative estimate of drug-likeness (QED) is 0.804. The molecule has 0 N–H and O–H groups in total. The normalized spacial score (nSPS) is 14.8. The van der Waals surface area contributed by atoms with E-state index in [1.807, 2.05) is 23.1 Å². The Labute approximate surface area is 142 Å². The van der Waals surface area contributed by atoms with Gasteiger partial charge in [-0.1, -0.05) is 36.4 Å². The number of aryl methyl sites for hydroxylation is 1. The summed E-state index contributed by atoms with van der Waals surface area (Å²) >= 11 is 1.64. The molecular weight excluding hydrogens is 304 g/mol. The Morgan fingerprint density at radius 1 is 0.957 bits per heavy atom. The van der Waals surface area contributed by atoms with Crippen molar-refractivity contribution >= 4 is 23.4 Å². The number of hydrogen-bond donors (Lipinski definition) is 0. The standard InChI is InChI=1S/C19H22N2OS/c1-16-7-5-6-10-18(16)23-15-19(22)21-13-11-20(12-14-21)17-8-3-2-4-9-17/h2-10H,11-15H2,1H3. The second-order valence-corrected chi connectivity index (χ2v) is 6.77. The van der Waals surface area contributed by atoms with Crippen LogP contribution >= 0.6 is 11.8 Å². The number of carbonyl (C=O) groups excluding carboxylic acids is 1. The molecule has 1 heterocycles. The van der Waals surface area contributed by atoms with Crippen LogP contribution in [0.5, 0.6) is 0 Å². The molecule has 1 saturated heterocycles. The van der Waals surface area contributed by atoms with Gasteiger partial charge in [0.15, 0.2) is 0 Å². The lowest BCUT2D eigenvalue weighted by molar-refractivity contribution is -0.128. The zero-order chi connectivity index (χ0) is 16.1. The first kappa shape index (κ1) is 15.9. The summed E-state index contributed by atoms with van der Waals surface area (Å²) < 4.78 is 0. The number of rotatable bonds is 4. The lowest BCUT2D eigenvalue weighted by atomic mass is 10.2. The average molecular weight is 326 g/mol. The SMILES string of the molecule is Cc1ccccc1SCC(=O)N1CCN(c2ccccc2)CC1. The van der Waals surface area contributed by atoms with Crippen LogP contribution in [0.4, 0.5) is 5.69 Å². The number of carbonyl (C=O) groups is 1. The number of hydrogen-bond acceptors (Lipinski definition) is 3. The maximum absolute atomic E-state index is 12.4. The molecule has 1 aliphatic heterocycles. The molecule has 0 unspecified atom stereocenters. The summed E-state index contributed by atoms with van der Waals surface area (Å²) in [4.78, 5) is 17.9. The first-order valence-electron chi connectivity index (χ1n) is 8.00. The summed E-state index contributed by atoms with van der Waals surface area (Å²) in [7, 11) is 0. The molecule has 0 atom stereocenters. The van der Waals surface area contributed by atoms with Crippen molar-refractivity contribution in [2.24, 2.45) is 0 Å². The van der Waals surface area contributed by atoms with Crippen LogP contribution in [-0.2, 0) is 4.79 Å². The summed E-state index contributed by atoms with van der Waals surface area (Å²) in [6.45, 7) is 5.52. The lowest BCUT2D eigenvalue weighted by Gasteiger charge is -2.36. The van der Waals surface area contributed by atoms with E-state index in [0.717, 1.165) is 26.2 Å². The van der Waals surface area contributed by atoms with Crippen molar-refractivity contribution in [1.82, 2.24) is 4.90 Å². The number of benzene rings is 2. The number of piperazine rings is 1. The topological polar surface area (TPSA) is 23.6 Å². The van der Waals surface area contributed by atoms with Crippen molar-refractivity contribution in [3.8, 4) is 0 Å². The second kappa shape index (κ2) is 7.55. The summed E-state index contributed by atoms with van der Waals surface area (Å²) in [5.74, 6) is 0.766. The van der Waals surface area contributed by atoms with Gasteiger partial charge in [-0.15, -0.1) is 11.8 Å². The molecule has 0 spiro atoms. The molecular formula is C19H22N2OS. The number of para-hydroxylation sites is 1. The summed E-state index contributed by atoms with van der Waals surface area (Å²) in [6.07, 6.45) is 0. The Balaban J connectivity index is 1.50. The van der Waals surface area contributed by atoms with Crippen molar-refractivity contribution in [3.63, 3.8) is 0 Å². The molecule has 0 radical (unpaired) electrons. The molecule has 4 heteroatoms. The van der Waals surface area contributed by atoms with E-state index in [-0.39, 0.29) is 5.91 Å². The maximum atomic E-state index is 12.4. The molecule has 3 nitrogen and oxygen atoms in total. The average Bonchev–Trinajstić information content (AvgIpc) is 2.62. The van der Waals surface area contributed by atoms with Crippen molar-refractivity contribution in [3.05, 3.63) is 60.2 Å². The van der Waals surface area contributed by atoms with Crippen LogP contribution in [0.2, 0.25) is 0 Å². The lowest BCUT2D eigenvalue weighted by Crippen LogP contribution is -2.49. The molecule has 0 aromatic heterocycles. The van der Waals surface area contributed by atoms with Crippen LogP contribution in [0.3, 0.4) is 0 Å². The van der Waals surface area contributed by atoms with Gasteiger partial charge in [0.05, 0.1) is 5.75 Å². The van der Waals surface area contributed by atoms with Crippen molar-refractivity contribution in [1.29, 1.82) is 0 Å². The van der Waals surface area contributed by atoms with Gasteiger partial charge < -0.3 is 9.80 Å². The zero-order valence-corrected chi connectivity index (χ0v) is 14.3. The van der Waals surface area contributed by atoms with Crippen molar-refractivity contribution in [2.75, 3.05) is 36.8 Å². The first-order valence-corrected chi connectivity index (χ1v) is 8.99. The van der Waals surface area contributed by atoms with Crippen LogP contribution in [0.15, 0.2) is 59.5 Å². The fourth-order valence-electron chi connectivity index (χ4n) is 2.80. The first-order chi connectivity index (χ1) is 11.2. The molecule has 0 bridgehead atoms. The molecule has 1 fully saturated rings. The minimum absolute atomic E-state index is 0.242. The zero-order valence-electron chi connectivity index (χ0n) is 13.4. The van der Waals surface area contributed by atoms with Gasteiger partial charge in [-0.05, 0) is 30.7 Å². The van der Waals surface area contributed by atoms with Gasteiger partial charge in [0.25, 0.3) is 0 Å². The van der Waals surface area contributed by atoms with Gasteiger partial charge in [0.1, 0.15) is 0 Å².